The normalized spacial score (nSPS) is 15.1. The van der Waals surface area contributed by atoms with Crippen LogP contribution in [0.4, 0.5) is 11.4 Å². The number of hydrogen-bond donors (Lipinski definition) is 2. The molecule has 0 atom stereocenters. The second-order valence-electron chi connectivity index (χ2n) is 6.74. The highest BCUT2D eigenvalue weighted by Crippen LogP contribution is 2.23. The van der Waals surface area contributed by atoms with E-state index >= 15 is 0 Å². The van der Waals surface area contributed by atoms with E-state index in [4.69, 9.17) is 4.42 Å². The molecule has 1 aliphatic heterocycles. The first-order valence-corrected chi connectivity index (χ1v) is 9.10. The predicted molar refractivity (Wildman–Crippen MR) is 101 cm³/mol. The summed E-state index contributed by atoms with van der Waals surface area (Å²) in [7, 11) is 0. The van der Waals surface area contributed by atoms with Gasteiger partial charge in [-0.1, -0.05) is 12.1 Å². The van der Waals surface area contributed by atoms with E-state index in [1.54, 1.807) is 12.3 Å². The number of nitrogens with zero attached hydrogens (tertiary/aromatic N) is 2. The minimum atomic E-state index is -0.912. The Hall–Kier alpha value is -3.20. The first kappa shape index (κ1) is 19.6. The number of anilines is 1. The molecular formula is C19H22N4O5. The summed E-state index contributed by atoms with van der Waals surface area (Å²) >= 11 is 0. The zero-order valence-corrected chi connectivity index (χ0v) is 15.3. The van der Waals surface area contributed by atoms with Gasteiger partial charge in [-0.3, -0.25) is 24.6 Å². The topological polar surface area (TPSA) is 118 Å². The third kappa shape index (κ3) is 5.17. The van der Waals surface area contributed by atoms with Crippen LogP contribution < -0.4 is 10.6 Å². The SMILES string of the molecule is O=C(NCC1CCN(Cc2ccco2)CC1)C(=O)Nc1ccccc1[N+](=O)[O-]. The van der Waals surface area contributed by atoms with Crippen LogP contribution in [-0.2, 0) is 16.1 Å². The van der Waals surface area contributed by atoms with Crippen molar-refractivity contribution < 1.29 is 18.9 Å². The Balaban J connectivity index is 1.42. The number of furan rings is 1. The van der Waals surface area contributed by atoms with E-state index in [0.29, 0.717) is 6.54 Å². The van der Waals surface area contributed by atoms with E-state index in [1.807, 2.05) is 12.1 Å². The van der Waals surface area contributed by atoms with Crippen molar-refractivity contribution in [3.8, 4) is 0 Å². The zero-order chi connectivity index (χ0) is 19.9. The second kappa shape index (κ2) is 9.14. The van der Waals surface area contributed by atoms with Crippen molar-refractivity contribution in [3.63, 3.8) is 0 Å². The quantitative estimate of drug-likeness (QED) is 0.446. The number of nitro groups is 1. The molecule has 1 aliphatic rings. The van der Waals surface area contributed by atoms with Gasteiger partial charge in [0.05, 0.1) is 17.7 Å². The number of benzene rings is 1. The number of nitrogens with one attached hydrogen (secondary N) is 2. The maximum absolute atomic E-state index is 12.0. The Kier molecular flexibility index (Phi) is 6.38. The molecule has 3 rings (SSSR count). The summed E-state index contributed by atoms with van der Waals surface area (Å²) in [5, 5.41) is 15.9. The molecule has 2 heterocycles. The first-order valence-electron chi connectivity index (χ1n) is 9.10. The van der Waals surface area contributed by atoms with E-state index in [2.05, 4.69) is 15.5 Å². The fourth-order valence-corrected chi connectivity index (χ4v) is 3.21. The van der Waals surface area contributed by atoms with E-state index in [-0.39, 0.29) is 17.3 Å². The number of rotatable bonds is 6. The molecule has 28 heavy (non-hydrogen) atoms. The summed E-state index contributed by atoms with van der Waals surface area (Å²) in [5.41, 5.74) is -0.258. The number of nitro benzene ring substituents is 1. The third-order valence-electron chi connectivity index (χ3n) is 4.77. The second-order valence-corrected chi connectivity index (χ2v) is 6.74. The predicted octanol–water partition coefficient (Wildman–Crippen LogP) is 2.15. The minimum absolute atomic E-state index is 0.00103. The molecule has 1 fully saturated rings. The fraction of sp³-hybridized carbons (Fsp3) is 0.368. The van der Waals surface area contributed by atoms with Gasteiger partial charge in [0.25, 0.3) is 5.69 Å². The van der Waals surface area contributed by atoms with Gasteiger partial charge in [0.15, 0.2) is 0 Å². The molecule has 0 aliphatic carbocycles. The summed E-state index contributed by atoms with van der Waals surface area (Å²) in [4.78, 5) is 36.7. The molecule has 0 saturated carbocycles. The Morgan fingerprint density at radius 1 is 1.14 bits per heavy atom. The molecule has 2 amide bonds. The molecule has 148 valence electrons. The maximum atomic E-state index is 12.0. The summed E-state index contributed by atoms with van der Waals surface area (Å²) in [6.45, 7) is 2.95. The monoisotopic (exact) mass is 386 g/mol. The van der Waals surface area contributed by atoms with Crippen LogP contribution in [0.5, 0.6) is 0 Å². The maximum Gasteiger partial charge on any atom is 0.313 e. The van der Waals surface area contributed by atoms with Crippen molar-refractivity contribution in [1.82, 2.24) is 10.2 Å². The lowest BCUT2D eigenvalue weighted by Crippen LogP contribution is -2.41. The Morgan fingerprint density at radius 3 is 2.57 bits per heavy atom. The Morgan fingerprint density at radius 2 is 1.89 bits per heavy atom. The van der Waals surface area contributed by atoms with Gasteiger partial charge in [-0.15, -0.1) is 0 Å². The van der Waals surface area contributed by atoms with Gasteiger partial charge in [0.2, 0.25) is 0 Å². The van der Waals surface area contributed by atoms with E-state index < -0.39 is 16.7 Å². The van der Waals surface area contributed by atoms with Crippen LogP contribution in [-0.4, -0.2) is 41.3 Å². The average molecular weight is 386 g/mol. The van der Waals surface area contributed by atoms with Crippen molar-refractivity contribution in [3.05, 3.63) is 58.5 Å². The molecule has 2 N–H and O–H groups in total. The molecule has 0 unspecified atom stereocenters. The van der Waals surface area contributed by atoms with Crippen LogP contribution >= 0.6 is 0 Å². The molecule has 2 aromatic rings. The van der Waals surface area contributed by atoms with Crippen LogP contribution in [0.2, 0.25) is 0 Å². The summed E-state index contributed by atoms with van der Waals surface area (Å²) in [5.74, 6) is -0.491. The summed E-state index contributed by atoms with van der Waals surface area (Å²) in [6.07, 6.45) is 3.48. The fourth-order valence-electron chi connectivity index (χ4n) is 3.21. The van der Waals surface area contributed by atoms with Gasteiger partial charge in [-0.2, -0.15) is 0 Å². The molecule has 1 aromatic carbocycles. The van der Waals surface area contributed by atoms with Crippen LogP contribution in [0.15, 0.2) is 47.1 Å². The lowest BCUT2D eigenvalue weighted by Gasteiger charge is -2.31. The molecule has 1 aromatic heterocycles. The first-order chi connectivity index (χ1) is 13.5. The van der Waals surface area contributed by atoms with Gasteiger partial charge in [0.1, 0.15) is 11.4 Å². The lowest BCUT2D eigenvalue weighted by molar-refractivity contribution is -0.383. The van der Waals surface area contributed by atoms with E-state index in [0.717, 1.165) is 38.2 Å². The lowest BCUT2D eigenvalue weighted by atomic mass is 9.96. The van der Waals surface area contributed by atoms with Crippen molar-refractivity contribution in [1.29, 1.82) is 0 Å². The van der Waals surface area contributed by atoms with Gasteiger partial charge >= 0.3 is 11.8 Å². The standard InChI is InChI=1S/C19H22N4O5/c24-18(19(25)21-16-5-1-2-6-17(16)23(26)27)20-12-14-7-9-22(10-8-14)13-15-4-3-11-28-15/h1-6,11,14H,7-10,12-13H2,(H,20,24)(H,21,25). The molecular weight excluding hydrogens is 364 g/mol. The Labute approximate surface area is 161 Å². The summed E-state index contributed by atoms with van der Waals surface area (Å²) < 4.78 is 5.36. The van der Waals surface area contributed by atoms with E-state index in [9.17, 15) is 19.7 Å². The number of carbonyl (C=O) groups excluding carboxylic acids is 2. The molecule has 0 bridgehead atoms. The average Bonchev–Trinajstić information content (AvgIpc) is 3.20. The molecule has 0 spiro atoms. The van der Waals surface area contributed by atoms with Gasteiger partial charge in [0, 0.05) is 12.6 Å². The smallest absolute Gasteiger partial charge is 0.313 e. The van der Waals surface area contributed by atoms with Crippen LogP contribution in [0, 0.1) is 16.0 Å². The number of piperidine rings is 1. The number of para-hydroxylation sites is 2. The van der Waals surface area contributed by atoms with Crippen molar-refractivity contribution in [2.75, 3.05) is 25.0 Å². The van der Waals surface area contributed by atoms with Crippen molar-refractivity contribution in [2.24, 2.45) is 5.92 Å². The Bertz CT molecular complexity index is 829. The molecule has 1 saturated heterocycles. The highest BCUT2D eigenvalue weighted by molar-refractivity contribution is 6.39. The van der Waals surface area contributed by atoms with Gasteiger partial charge in [-0.25, -0.2) is 0 Å². The van der Waals surface area contributed by atoms with Crippen LogP contribution in [0.1, 0.15) is 18.6 Å². The molecule has 9 nitrogen and oxygen atoms in total. The van der Waals surface area contributed by atoms with Crippen molar-refractivity contribution in [2.45, 2.75) is 19.4 Å². The van der Waals surface area contributed by atoms with Crippen LogP contribution in [0.25, 0.3) is 0 Å². The summed E-state index contributed by atoms with van der Waals surface area (Å²) in [6, 6.07) is 9.51. The van der Waals surface area contributed by atoms with Crippen molar-refractivity contribution >= 4 is 23.2 Å². The minimum Gasteiger partial charge on any atom is -0.468 e. The van der Waals surface area contributed by atoms with E-state index in [1.165, 1.54) is 18.2 Å². The third-order valence-corrected chi connectivity index (χ3v) is 4.77. The van der Waals surface area contributed by atoms with Crippen LogP contribution in [0.3, 0.4) is 0 Å². The number of amides is 2. The highest BCUT2D eigenvalue weighted by atomic mass is 16.6. The van der Waals surface area contributed by atoms with Gasteiger partial charge in [-0.05, 0) is 50.0 Å². The highest BCUT2D eigenvalue weighted by Gasteiger charge is 2.23. The largest absolute Gasteiger partial charge is 0.468 e. The number of hydrogen-bond acceptors (Lipinski definition) is 6. The van der Waals surface area contributed by atoms with Gasteiger partial charge < -0.3 is 15.1 Å². The number of likely N-dealkylation sites (tertiary alicyclic amines) is 1. The number of carbonyl (C=O) groups is 2. The molecule has 0 radical (unpaired) electrons. The molecule has 9 heteroatoms. The zero-order valence-electron chi connectivity index (χ0n) is 15.3.